The summed E-state index contributed by atoms with van der Waals surface area (Å²) in [6.07, 6.45) is 0.487. The molecule has 4 heteroatoms. The Labute approximate surface area is 134 Å². The molecule has 0 aliphatic heterocycles. The Morgan fingerprint density at radius 1 is 1.00 bits per heavy atom. The summed E-state index contributed by atoms with van der Waals surface area (Å²) in [6.45, 7) is 0. The first-order valence-corrected chi connectivity index (χ1v) is 8.35. The van der Waals surface area contributed by atoms with Crippen LogP contribution >= 0.6 is 43.6 Å². The molecular formula is C15H12Br2OS. The van der Waals surface area contributed by atoms with Gasteiger partial charge in [0.25, 0.3) is 0 Å². The van der Waals surface area contributed by atoms with Crippen molar-refractivity contribution in [3.63, 3.8) is 0 Å². The van der Waals surface area contributed by atoms with E-state index in [0.717, 1.165) is 19.4 Å². The average molecular weight is 400 g/mol. The van der Waals surface area contributed by atoms with Crippen LogP contribution in [0.2, 0.25) is 0 Å². The Morgan fingerprint density at radius 2 is 1.68 bits per heavy atom. The van der Waals surface area contributed by atoms with Crippen LogP contribution in [0.15, 0.2) is 62.4 Å². The van der Waals surface area contributed by atoms with Gasteiger partial charge in [0.05, 0.1) is 5.75 Å². The number of carbonyl (C=O) groups is 1. The third-order valence-corrected chi connectivity index (χ3v) is 4.53. The summed E-state index contributed by atoms with van der Waals surface area (Å²) in [6, 6.07) is 15.9. The fraction of sp³-hybridized carbons (Fsp3) is 0.133. The van der Waals surface area contributed by atoms with Crippen LogP contribution in [-0.4, -0.2) is 11.5 Å². The molecule has 2 rings (SSSR count). The zero-order valence-electron chi connectivity index (χ0n) is 10.1. The van der Waals surface area contributed by atoms with Gasteiger partial charge in [0.1, 0.15) is 5.78 Å². The van der Waals surface area contributed by atoms with Gasteiger partial charge in [-0.3, -0.25) is 4.79 Å². The summed E-state index contributed by atoms with van der Waals surface area (Å²) in [4.78, 5) is 13.0. The van der Waals surface area contributed by atoms with Gasteiger partial charge in [-0.1, -0.05) is 50.1 Å². The van der Waals surface area contributed by atoms with E-state index in [2.05, 4.69) is 31.9 Å². The Morgan fingerprint density at radius 3 is 2.37 bits per heavy atom. The maximum Gasteiger partial charge on any atom is 0.147 e. The van der Waals surface area contributed by atoms with E-state index in [1.165, 1.54) is 0 Å². The second-order valence-electron chi connectivity index (χ2n) is 4.09. The lowest BCUT2D eigenvalue weighted by molar-refractivity contribution is -0.116. The van der Waals surface area contributed by atoms with Gasteiger partial charge in [0, 0.05) is 20.3 Å². The molecule has 0 heterocycles. The molecule has 0 atom stereocenters. The van der Waals surface area contributed by atoms with Crippen LogP contribution in [-0.2, 0) is 11.2 Å². The molecule has 0 unspecified atom stereocenters. The van der Waals surface area contributed by atoms with Crippen molar-refractivity contribution in [1.29, 1.82) is 0 Å². The monoisotopic (exact) mass is 398 g/mol. The van der Waals surface area contributed by atoms with E-state index < -0.39 is 0 Å². The van der Waals surface area contributed by atoms with Gasteiger partial charge >= 0.3 is 0 Å². The van der Waals surface area contributed by atoms with Crippen LogP contribution < -0.4 is 0 Å². The number of benzene rings is 2. The Balaban J connectivity index is 1.88. The number of thioether (sulfide) groups is 1. The predicted molar refractivity (Wildman–Crippen MR) is 87.7 cm³/mol. The fourth-order valence-electron chi connectivity index (χ4n) is 1.65. The average Bonchev–Trinajstić information content (AvgIpc) is 2.36. The number of ketones is 1. The van der Waals surface area contributed by atoms with Gasteiger partial charge in [0.15, 0.2) is 0 Å². The predicted octanol–water partition coefficient (Wildman–Crippen LogP) is 5.12. The second kappa shape index (κ2) is 7.27. The molecular weight excluding hydrogens is 388 g/mol. The van der Waals surface area contributed by atoms with Gasteiger partial charge in [0.2, 0.25) is 0 Å². The van der Waals surface area contributed by atoms with Crippen LogP contribution in [0.1, 0.15) is 5.56 Å². The smallest absolute Gasteiger partial charge is 0.147 e. The molecule has 0 N–H and O–H groups in total. The third-order valence-electron chi connectivity index (χ3n) is 2.49. The Bertz CT molecular complexity index is 584. The number of carbonyl (C=O) groups excluding carboxylic acids is 1. The minimum absolute atomic E-state index is 0.239. The molecule has 0 saturated heterocycles. The number of halogens is 2. The number of hydrogen-bond acceptors (Lipinski definition) is 2. The highest BCUT2D eigenvalue weighted by Crippen LogP contribution is 2.22. The van der Waals surface area contributed by atoms with Gasteiger partial charge in [-0.2, -0.15) is 0 Å². The maximum absolute atomic E-state index is 11.9. The normalized spacial score (nSPS) is 10.4. The van der Waals surface area contributed by atoms with Crippen molar-refractivity contribution in [2.24, 2.45) is 0 Å². The van der Waals surface area contributed by atoms with Crippen LogP contribution in [0.25, 0.3) is 0 Å². The first-order valence-electron chi connectivity index (χ1n) is 5.78. The molecule has 2 aromatic rings. The summed E-state index contributed by atoms with van der Waals surface area (Å²) >= 11 is 8.42. The second-order valence-corrected chi connectivity index (χ2v) is 6.97. The lowest BCUT2D eigenvalue weighted by Crippen LogP contribution is -2.05. The quantitative estimate of drug-likeness (QED) is 0.649. The highest BCUT2D eigenvalue weighted by Gasteiger charge is 2.05. The van der Waals surface area contributed by atoms with E-state index in [1.807, 2.05) is 48.5 Å². The number of rotatable bonds is 5. The van der Waals surface area contributed by atoms with E-state index in [1.54, 1.807) is 11.8 Å². The Hall–Kier alpha value is -0.580. The topological polar surface area (TPSA) is 17.1 Å². The molecule has 0 aliphatic carbocycles. The summed E-state index contributed by atoms with van der Waals surface area (Å²) < 4.78 is 2.05. The lowest BCUT2D eigenvalue weighted by atomic mass is 10.1. The molecule has 0 spiro atoms. The zero-order chi connectivity index (χ0) is 13.7. The van der Waals surface area contributed by atoms with Gasteiger partial charge < -0.3 is 0 Å². The van der Waals surface area contributed by atoms with Crippen molar-refractivity contribution in [2.45, 2.75) is 11.3 Å². The van der Waals surface area contributed by atoms with Crippen molar-refractivity contribution < 1.29 is 4.79 Å². The van der Waals surface area contributed by atoms with Gasteiger partial charge in [-0.05, 0) is 35.9 Å². The van der Waals surface area contributed by atoms with Crippen molar-refractivity contribution in [3.05, 3.63) is 63.0 Å². The van der Waals surface area contributed by atoms with Gasteiger partial charge in [-0.15, -0.1) is 11.8 Å². The summed E-state index contributed by atoms with van der Waals surface area (Å²) in [5.74, 6) is 0.742. The van der Waals surface area contributed by atoms with Crippen molar-refractivity contribution >= 4 is 49.4 Å². The van der Waals surface area contributed by atoms with Crippen LogP contribution in [0.5, 0.6) is 0 Å². The van der Waals surface area contributed by atoms with Crippen LogP contribution in [0.3, 0.4) is 0 Å². The molecule has 0 radical (unpaired) electrons. The van der Waals surface area contributed by atoms with Crippen LogP contribution in [0.4, 0.5) is 0 Å². The molecule has 1 nitrogen and oxygen atoms in total. The molecule has 0 aromatic heterocycles. The molecule has 19 heavy (non-hydrogen) atoms. The SMILES string of the molecule is O=C(CSc1cccc(Br)c1)Cc1cccc(Br)c1. The molecule has 2 aromatic carbocycles. The minimum Gasteiger partial charge on any atom is -0.298 e. The van der Waals surface area contributed by atoms with Crippen molar-refractivity contribution in [1.82, 2.24) is 0 Å². The maximum atomic E-state index is 11.9. The Kier molecular flexibility index (Phi) is 5.67. The fourth-order valence-corrected chi connectivity index (χ4v) is 3.46. The summed E-state index contributed by atoms with van der Waals surface area (Å²) in [5.41, 5.74) is 1.05. The van der Waals surface area contributed by atoms with E-state index in [4.69, 9.17) is 0 Å². The molecule has 0 bridgehead atoms. The largest absolute Gasteiger partial charge is 0.298 e. The lowest BCUT2D eigenvalue weighted by Gasteiger charge is -2.03. The molecule has 0 saturated carbocycles. The molecule has 0 fully saturated rings. The highest BCUT2D eigenvalue weighted by atomic mass is 79.9. The van der Waals surface area contributed by atoms with E-state index in [9.17, 15) is 4.79 Å². The molecule has 98 valence electrons. The number of hydrogen-bond donors (Lipinski definition) is 0. The molecule has 0 amide bonds. The van der Waals surface area contributed by atoms with Crippen molar-refractivity contribution in [2.75, 3.05) is 5.75 Å². The summed E-state index contributed by atoms with van der Waals surface area (Å²) in [5, 5.41) is 0. The number of Topliss-reactive ketones (excluding diaryl/α,β-unsaturated/α-hetero) is 1. The van der Waals surface area contributed by atoms with Crippen LogP contribution in [0, 0.1) is 0 Å². The minimum atomic E-state index is 0.239. The van der Waals surface area contributed by atoms with E-state index in [0.29, 0.717) is 12.2 Å². The summed E-state index contributed by atoms with van der Waals surface area (Å²) in [7, 11) is 0. The van der Waals surface area contributed by atoms with E-state index >= 15 is 0 Å². The first kappa shape index (κ1) is 14.8. The molecule has 0 aliphatic rings. The van der Waals surface area contributed by atoms with Crippen molar-refractivity contribution in [3.8, 4) is 0 Å². The van der Waals surface area contributed by atoms with Gasteiger partial charge in [-0.25, -0.2) is 0 Å². The highest BCUT2D eigenvalue weighted by molar-refractivity contribution is 9.10. The van der Waals surface area contributed by atoms with E-state index in [-0.39, 0.29) is 5.78 Å². The zero-order valence-corrected chi connectivity index (χ0v) is 14.1. The first-order chi connectivity index (χ1) is 9.13. The standard InChI is InChI=1S/C15H12Br2OS/c16-12-4-1-3-11(7-12)8-14(18)10-19-15-6-2-5-13(17)9-15/h1-7,9H,8,10H2. The third kappa shape index (κ3) is 5.13.